The van der Waals surface area contributed by atoms with Gasteiger partial charge in [-0.1, -0.05) is 36.9 Å². The number of anilines is 1. The van der Waals surface area contributed by atoms with E-state index in [4.69, 9.17) is 9.47 Å². The minimum Gasteiger partial charge on any atom is -0.489 e. The summed E-state index contributed by atoms with van der Waals surface area (Å²) in [5.74, 6) is 0.477. The van der Waals surface area contributed by atoms with Gasteiger partial charge in [0.25, 0.3) is 0 Å². The third kappa shape index (κ3) is 4.44. The number of hydrogen-bond donors (Lipinski definition) is 2. The van der Waals surface area contributed by atoms with Crippen molar-refractivity contribution < 1.29 is 19.1 Å². The van der Waals surface area contributed by atoms with Crippen LogP contribution in [0.2, 0.25) is 0 Å². The molecule has 1 aliphatic rings. The Hall–Kier alpha value is -3.02. The van der Waals surface area contributed by atoms with E-state index in [0.717, 1.165) is 16.5 Å². The monoisotopic (exact) mass is 382 g/mol. The molecule has 0 bridgehead atoms. The van der Waals surface area contributed by atoms with E-state index in [-0.39, 0.29) is 5.91 Å². The highest BCUT2D eigenvalue weighted by atomic mass is 16.6. The average molecular weight is 382 g/mol. The molecule has 0 unspecified atom stereocenters. The fraction of sp³-hybridized carbons (Fsp3) is 0.364. The molecule has 2 N–H and O–H groups in total. The van der Waals surface area contributed by atoms with Crippen molar-refractivity contribution in [3.63, 3.8) is 0 Å². The van der Waals surface area contributed by atoms with Gasteiger partial charge in [-0.2, -0.15) is 0 Å². The summed E-state index contributed by atoms with van der Waals surface area (Å²) in [6.45, 7) is 9.43. The van der Waals surface area contributed by atoms with Crippen LogP contribution in [0.4, 0.5) is 10.5 Å². The number of ether oxygens (including phenoxy) is 2. The SMILES string of the molecule is C=CCOc1ccc(NC(=O)C2(NC(=O)OC(C)(C)C)CC2)c2ccccc12. The van der Waals surface area contributed by atoms with E-state index in [9.17, 15) is 9.59 Å². The zero-order valence-electron chi connectivity index (χ0n) is 16.5. The molecule has 1 saturated carbocycles. The normalized spacial score (nSPS) is 14.8. The molecule has 2 aromatic carbocycles. The second kappa shape index (κ2) is 7.54. The molecule has 6 heteroatoms. The average Bonchev–Trinajstić information content (AvgIpc) is 3.40. The summed E-state index contributed by atoms with van der Waals surface area (Å²) in [7, 11) is 0. The van der Waals surface area contributed by atoms with Gasteiger partial charge in [-0.15, -0.1) is 0 Å². The lowest BCUT2D eigenvalue weighted by molar-refractivity contribution is -0.119. The first-order valence-corrected chi connectivity index (χ1v) is 9.32. The summed E-state index contributed by atoms with van der Waals surface area (Å²) in [5, 5.41) is 7.44. The highest BCUT2D eigenvalue weighted by Gasteiger charge is 2.52. The number of fused-ring (bicyclic) bond motifs is 1. The van der Waals surface area contributed by atoms with Gasteiger partial charge in [-0.05, 0) is 45.7 Å². The van der Waals surface area contributed by atoms with Crippen molar-refractivity contribution in [2.75, 3.05) is 11.9 Å². The zero-order valence-corrected chi connectivity index (χ0v) is 16.5. The van der Waals surface area contributed by atoms with Crippen LogP contribution in [0.1, 0.15) is 33.6 Å². The van der Waals surface area contributed by atoms with Crippen molar-refractivity contribution in [3.05, 3.63) is 49.1 Å². The Labute approximate surface area is 164 Å². The first kappa shape index (κ1) is 19.7. The van der Waals surface area contributed by atoms with Crippen LogP contribution in [-0.4, -0.2) is 29.7 Å². The fourth-order valence-electron chi connectivity index (χ4n) is 2.93. The highest BCUT2D eigenvalue weighted by molar-refractivity contribution is 6.08. The van der Waals surface area contributed by atoms with Crippen molar-refractivity contribution in [1.29, 1.82) is 0 Å². The maximum absolute atomic E-state index is 12.9. The predicted molar refractivity (Wildman–Crippen MR) is 110 cm³/mol. The topological polar surface area (TPSA) is 76.7 Å². The number of hydrogen-bond acceptors (Lipinski definition) is 4. The Morgan fingerprint density at radius 1 is 1.14 bits per heavy atom. The van der Waals surface area contributed by atoms with Crippen LogP contribution in [-0.2, 0) is 9.53 Å². The van der Waals surface area contributed by atoms with Crippen LogP contribution in [0.15, 0.2) is 49.1 Å². The van der Waals surface area contributed by atoms with E-state index < -0.39 is 17.2 Å². The van der Waals surface area contributed by atoms with Gasteiger partial charge in [0.15, 0.2) is 0 Å². The largest absolute Gasteiger partial charge is 0.489 e. The van der Waals surface area contributed by atoms with Crippen LogP contribution >= 0.6 is 0 Å². The summed E-state index contributed by atoms with van der Waals surface area (Å²) >= 11 is 0. The molecule has 2 amide bonds. The first-order chi connectivity index (χ1) is 13.2. The van der Waals surface area contributed by atoms with Gasteiger partial charge < -0.3 is 20.1 Å². The smallest absolute Gasteiger partial charge is 0.408 e. The maximum atomic E-state index is 12.9. The lowest BCUT2D eigenvalue weighted by Crippen LogP contribution is -2.47. The third-order valence-corrected chi connectivity index (χ3v) is 4.41. The van der Waals surface area contributed by atoms with Crippen molar-refractivity contribution >= 4 is 28.5 Å². The molecule has 148 valence electrons. The lowest BCUT2D eigenvalue weighted by atomic mass is 10.1. The number of alkyl carbamates (subject to hydrolysis) is 1. The Morgan fingerprint density at radius 2 is 1.82 bits per heavy atom. The van der Waals surface area contributed by atoms with Gasteiger partial charge in [0, 0.05) is 16.5 Å². The van der Waals surface area contributed by atoms with Crippen molar-refractivity contribution in [3.8, 4) is 5.75 Å². The van der Waals surface area contributed by atoms with E-state index in [1.165, 1.54) is 0 Å². The highest BCUT2D eigenvalue weighted by Crippen LogP contribution is 2.38. The van der Waals surface area contributed by atoms with Gasteiger partial charge in [0.1, 0.15) is 23.5 Å². The molecule has 3 rings (SSSR count). The van der Waals surface area contributed by atoms with Crippen molar-refractivity contribution in [1.82, 2.24) is 5.32 Å². The van der Waals surface area contributed by atoms with Crippen LogP contribution in [0.5, 0.6) is 5.75 Å². The predicted octanol–water partition coefficient (Wildman–Crippen LogP) is 4.40. The molecule has 0 saturated heterocycles. The molecular formula is C22H26N2O4. The van der Waals surface area contributed by atoms with E-state index in [0.29, 0.717) is 25.1 Å². The third-order valence-electron chi connectivity index (χ3n) is 4.41. The molecule has 6 nitrogen and oxygen atoms in total. The molecule has 0 radical (unpaired) electrons. The Bertz CT molecular complexity index is 910. The second-order valence-electron chi connectivity index (χ2n) is 7.92. The maximum Gasteiger partial charge on any atom is 0.408 e. The molecule has 0 atom stereocenters. The van der Waals surface area contributed by atoms with Crippen molar-refractivity contribution in [2.24, 2.45) is 0 Å². The molecule has 0 heterocycles. The molecule has 2 aromatic rings. The molecule has 0 spiro atoms. The van der Waals surface area contributed by atoms with Gasteiger partial charge in [0.2, 0.25) is 5.91 Å². The summed E-state index contributed by atoms with van der Waals surface area (Å²) < 4.78 is 11.0. The number of carbonyl (C=O) groups is 2. The summed E-state index contributed by atoms with van der Waals surface area (Å²) in [5.41, 5.74) is -0.862. The first-order valence-electron chi connectivity index (χ1n) is 9.32. The lowest BCUT2D eigenvalue weighted by Gasteiger charge is -2.23. The van der Waals surface area contributed by atoms with Gasteiger partial charge >= 0.3 is 6.09 Å². The number of carbonyl (C=O) groups excluding carboxylic acids is 2. The van der Waals surface area contributed by atoms with Gasteiger partial charge in [-0.3, -0.25) is 4.79 Å². The van der Waals surface area contributed by atoms with E-state index in [1.807, 2.05) is 36.4 Å². The van der Waals surface area contributed by atoms with Crippen LogP contribution in [0, 0.1) is 0 Å². The van der Waals surface area contributed by atoms with Crippen LogP contribution in [0.3, 0.4) is 0 Å². The molecule has 0 aromatic heterocycles. The van der Waals surface area contributed by atoms with Crippen LogP contribution in [0.25, 0.3) is 10.8 Å². The summed E-state index contributed by atoms with van der Waals surface area (Å²) in [4.78, 5) is 25.0. The minimum atomic E-state index is -0.915. The fourth-order valence-corrected chi connectivity index (χ4v) is 2.93. The molecule has 28 heavy (non-hydrogen) atoms. The van der Waals surface area contributed by atoms with Gasteiger partial charge in [0.05, 0.1) is 0 Å². The Morgan fingerprint density at radius 3 is 2.43 bits per heavy atom. The molecule has 1 fully saturated rings. The second-order valence-corrected chi connectivity index (χ2v) is 7.92. The number of rotatable bonds is 6. The molecule has 1 aliphatic carbocycles. The van der Waals surface area contributed by atoms with Crippen LogP contribution < -0.4 is 15.4 Å². The summed E-state index contributed by atoms with van der Waals surface area (Å²) in [6.07, 6.45) is 2.26. The van der Waals surface area contributed by atoms with Crippen molar-refractivity contribution in [2.45, 2.75) is 44.8 Å². The Kier molecular flexibility index (Phi) is 5.31. The van der Waals surface area contributed by atoms with E-state index >= 15 is 0 Å². The zero-order chi connectivity index (χ0) is 20.4. The number of benzene rings is 2. The minimum absolute atomic E-state index is 0.247. The number of nitrogens with one attached hydrogen (secondary N) is 2. The standard InChI is InChI=1S/C22H26N2O4/c1-5-14-27-18-11-10-17(15-8-6-7-9-16(15)18)23-19(25)22(12-13-22)24-20(26)28-21(2,3)4/h5-11H,1,12-14H2,2-4H3,(H,23,25)(H,24,26). The Balaban J connectivity index is 1.78. The molecule has 0 aliphatic heterocycles. The molecular weight excluding hydrogens is 356 g/mol. The quantitative estimate of drug-likeness (QED) is 0.726. The van der Waals surface area contributed by atoms with Gasteiger partial charge in [-0.25, -0.2) is 4.79 Å². The number of amides is 2. The van der Waals surface area contributed by atoms with E-state index in [1.54, 1.807) is 26.8 Å². The van der Waals surface area contributed by atoms with E-state index in [2.05, 4.69) is 17.2 Å². The summed E-state index contributed by atoms with van der Waals surface area (Å²) in [6, 6.07) is 11.3.